The number of rotatable bonds is 5. The Morgan fingerprint density at radius 1 is 1.55 bits per heavy atom. The van der Waals surface area contributed by atoms with Crippen LogP contribution in [0.3, 0.4) is 0 Å². The van der Waals surface area contributed by atoms with Gasteiger partial charge in [0, 0.05) is 19.8 Å². The minimum Gasteiger partial charge on any atom is -0.481 e. The molecule has 1 saturated carbocycles. The van der Waals surface area contributed by atoms with Crippen LogP contribution in [0.5, 0.6) is 0 Å². The Hall–Kier alpha value is -2.11. The molecule has 1 atom stereocenters. The van der Waals surface area contributed by atoms with Crippen molar-refractivity contribution < 1.29 is 14.7 Å². The summed E-state index contributed by atoms with van der Waals surface area (Å²) in [6.07, 6.45) is 4.06. The number of carbonyl (C=O) groups excluding carboxylic acids is 1. The van der Waals surface area contributed by atoms with Crippen molar-refractivity contribution in [1.82, 2.24) is 9.88 Å². The monoisotopic (exact) mass is 277 g/mol. The number of urea groups is 1. The van der Waals surface area contributed by atoms with E-state index in [9.17, 15) is 9.59 Å². The van der Waals surface area contributed by atoms with Crippen molar-refractivity contribution in [3.63, 3.8) is 0 Å². The first-order chi connectivity index (χ1) is 9.47. The Morgan fingerprint density at radius 2 is 2.25 bits per heavy atom. The highest BCUT2D eigenvalue weighted by atomic mass is 16.4. The third-order valence-corrected chi connectivity index (χ3v) is 3.38. The number of carboxylic acids is 1. The fraction of sp³-hybridized carbons (Fsp3) is 0.500. The molecular weight excluding hydrogens is 258 g/mol. The summed E-state index contributed by atoms with van der Waals surface area (Å²) in [6, 6.07) is 3.49. The van der Waals surface area contributed by atoms with Gasteiger partial charge >= 0.3 is 12.0 Å². The average molecular weight is 277 g/mol. The minimum atomic E-state index is -0.918. The van der Waals surface area contributed by atoms with Crippen LogP contribution in [0.1, 0.15) is 31.2 Å². The zero-order valence-corrected chi connectivity index (χ0v) is 11.7. The van der Waals surface area contributed by atoms with Gasteiger partial charge in [-0.2, -0.15) is 0 Å². The van der Waals surface area contributed by atoms with Gasteiger partial charge in [0.15, 0.2) is 0 Å². The molecule has 0 radical (unpaired) electrons. The number of nitrogens with zero attached hydrogens (tertiary/aromatic N) is 2. The van der Waals surface area contributed by atoms with Crippen LogP contribution in [-0.4, -0.2) is 40.6 Å². The number of aliphatic carboxylic acids is 1. The second-order valence-corrected chi connectivity index (χ2v) is 5.30. The van der Waals surface area contributed by atoms with Gasteiger partial charge in [-0.15, -0.1) is 0 Å². The minimum absolute atomic E-state index is 0.156. The lowest BCUT2D eigenvalue weighted by molar-refractivity contribution is -0.141. The highest BCUT2D eigenvalue weighted by Crippen LogP contribution is 2.40. The first-order valence-electron chi connectivity index (χ1n) is 6.68. The molecule has 1 aliphatic rings. The molecule has 0 aromatic carbocycles. The molecule has 1 aromatic rings. The molecule has 2 rings (SSSR count). The molecule has 0 aliphatic heterocycles. The van der Waals surface area contributed by atoms with Crippen LogP contribution >= 0.6 is 0 Å². The smallest absolute Gasteiger partial charge is 0.322 e. The number of anilines is 1. The molecule has 6 heteroatoms. The third-order valence-electron chi connectivity index (χ3n) is 3.38. The van der Waals surface area contributed by atoms with Gasteiger partial charge < -0.3 is 10.0 Å². The summed E-state index contributed by atoms with van der Waals surface area (Å²) >= 11 is 0. The van der Waals surface area contributed by atoms with E-state index in [1.807, 2.05) is 12.1 Å². The maximum absolute atomic E-state index is 11.9. The van der Waals surface area contributed by atoms with E-state index in [0.717, 1.165) is 0 Å². The van der Waals surface area contributed by atoms with Crippen molar-refractivity contribution in [2.24, 2.45) is 5.92 Å². The van der Waals surface area contributed by atoms with E-state index in [0.29, 0.717) is 11.7 Å². The topological polar surface area (TPSA) is 82.5 Å². The van der Waals surface area contributed by atoms with E-state index in [4.69, 9.17) is 5.11 Å². The highest BCUT2D eigenvalue weighted by molar-refractivity contribution is 5.88. The lowest BCUT2D eigenvalue weighted by atomic mass is 10.2. The Labute approximate surface area is 117 Å². The van der Waals surface area contributed by atoms with Crippen LogP contribution in [0, 0.1) is 5.92 Å². The molecule has 6 nitrogen and oxygen atoms in total. The summed E-state index contributed by atoms with van der Waals surface area (Å²) in [5.74, 6) is -0.414. The molecule has 1 aliphatic carbocycles. The SMILES string of the molecule is CC(CN(C)C(=O)Nc1cc(C2CC2)ccn1)C(=O)O. The van der Waals surface area contributed by atoms with E-state index < -0.39 is 11.9 Å². The fourth-order valence-electron chi connectivity index (χ4n) is 1.96. The first kappa shape index (κ1) is 14.3. The number of carbonyl (C=O) groups is 2. The van der Waals surface area contributed by atoms with Crippen LogP contribution in [0.15, 0.2) is 18.3 Å². The van der Waals surface area contributed by atoms with E-state index in [1.54, 1.807) is 20.2 Å². The molecule has 2 amide bonds. The average Bonchev–Trinajstić information content (AvgIpc) is 3.23. The number of hydrogen-bond acceptors (Lipinski definition) is 3. The molecule has 108 valence electrons. The molecule has 0 bridgehead atoms. The summed E-state index contributed by atoms with van der Waals surface area (Å²) in [6.45, 7) is 1.72. The quantitative estimate of drug-likeness (QED) is 0.863. The summed E-state index contributed by atoms with van der Waals surface area (Å²) in [5, 5.41) is 11.5. The molecule has 0 spiro atoms. The highest BCUT2D eigenvalue weighted by Gasteiger charge is 2.24. The Kier molecular flexibility index (Phi) is 4.22. The lowest BCUT2D eigenvalue weighted by Gasteiger charge is -2.19. The maximum Gasteiger partial charge on any atom is 0.322 e. The van der Waals surface area contributed by atoms with Gasteiger partial charge in [0.2, 0.25) is 0 Å². The van der Waals surface area contributed by atoms with Crippen LogP contribution in [0.2, 0.25) is 0 Å². The van der Waals surface area contributed by atoms with Crippen molar-refractivity contribution in [1.29, 1.82) is 0 Å². The van der Waals surface area contributed by atoms with Gasteiger partial charge in [-0.25, -0.2) is 9.78 Å². The van der Waals surface area contributed by atoms with E-state index in [2.05, 4.69) is 10.3 Å². The standard InChI is InChI=1S/C14H19N3O3/c1-9(13(18)19)8-17(2)14(20)16-12-7-11(5-6-15-12)10-3-4-10/h5-7,9-10H,3-4,8H2,1-2H3,(H,18,19)(H,15,16,20). The summed E-state index contributed by atoms with van der Waals surface area (Å²) in [4.78, 5) is 28.2. The molecule has 1 unspecified atom stereocenters. The Morgan fingerprint density at radius 3 is 2.85 bits per heavy atom. The van der Waals surface area contributed by atoms with Crippen molar-refractivity contribution in [3.05, 3.63) is 23.9 Å². The van der Waals surface area contributed by atoms with Gasteiger partial charge in [-0.3, -0.25) is 10.1 Å². The van der Waals surface area contributed by atoms with Crippen LogP contribution < -0.4 is 5.32 Å². The van der Waals surface area contributed by atoms with E-state index >= 15 is 0 Å². The van der Waals surface area contributed by atoms with Crippen LogP contribution in [0.25, 0.3) is 0 Å². The number of amides is 2. The molecular formula is C14H19N3O3. The summed E-state index contributed by atoms with van der Waals surface area (Å²) in [7, 11) is 1.57. The summed E-state index contributed by atoms with van der Waals surface area (Å²) in [5.41, 5.74) is 1.19. The lowest BCUT2D eigenvalue weighted by Crippen LogP contribution is -2.36. The molecule has 2 N–H and O–H groups in total. The van der Waals surface area contributed by atoms with E-state index in [1.165, 1.54) is 23.3 Å². The zero-order valence-electron chi connectivity index (χ0n) is 11.7. The second kappa shape index (κ2) is 5.90. The third kappa shape index (κ3) is 3.69. The van der Waals surface area contributed by atoms with Gasteiger partial charge in [0.25, 0.3) is 0 Å². The van der Waals surface area contributed by atoms with Gasteiger partial charge in [0.1, 0.15) is 5.82 Å². The number of hydrogen-bond donors (Lipinski definition) is 2. The molecule has 1 fully saturated rings. The summed E-state index contributed by atoms with van der Waals surface area (Å²) < 4.78 is 0. The zero-order chi connectivity index (χ0) is 14.7. The molecule has 1 heterocycles. The first-order valence-corrected chi connectivity index (χ1v) is 6.68. The number of nitrogens with one attached hydrogen (secondary N) is 1. The van der Waals surface area contributed by atoms with Crippen molar-refractivity contribution in [2.75, 3.05) is 18.9 Å². The predicted molar refractivity (Wildman–Crippen MR) is 74.7 cm³/mol. The number of carboxylic acid groups (broad SMARTS) is 1. The second-order valence-electron chi connectivity index (χ2n) is 5.30. The number of aromatic nitrogens is 1. The Balaban J connectivity index is 1.93. The van der Waals surface area contributed by atoms with Crippen LogP contribution in [0.4, 0.5) is 10.6 Å². The molecule has 1 aromatic heterocycles. The predicted octanol–water partition coefficient (Wildman–Crippen LogP) is 2.14. The van der Waals surface area contributed by atoms with Crippen molar-refractivity contribution in [3.8, 4) is 0 Å². The normalized spacial score (nSPS) is 15.5. The Bertz CT molecular complexity index is 514. The largest absolute Gasteiger partial charge is 0.481 e. The van der Waals surface area contributed by atoms with Crippen molar-refractivity contribution >= 4 is 17.8 Å². The molecule has 0 saturated heterocycles. The van der Waals surface area contributed by atoms with E-state index in [-0.39, 0.29) is 12.6 Å². The van der Waals surface area contributed by atoms with Crippen LogP contribution in [-0.2, 0) is 4.79 Å². The number of pyridine rings is 1. The van der Waals surface area contributed by atoms with Gasteiger partial charge in [-0.1, -0.05) is 6.92 Å². The molecule has 20 heavy (non-hydrogen) atoms. The van der Waals surface area contributed by atoms with Gasteiger partial charge in [0.05, 0.1) is 5.92 Å². The van der Waals surface area contributed by atoms with Gasteiger partial charge in [-0.05, 0) is 36.5 Å². The van der Waals surface area contributed by atoms with Crippen molar-refractivity contribution in [2.45, 2.75) is 25.7 Å². The fourth-order valence-corrected chi connectivity index (χ4v) is 1.96. The maximum atomic E-state index is 11.9.